The lowest BCUT2D eigenvalue weighted by Crippen LogP contribution is -2.46. The number of halogens is 4. The summed E-state index contributed by atoms with van der Waals surface area (Å²) >= 11 is 12.4. The number of anilines is 1. The molecule has 3 aromatic rings. The van der Waals surface area contributed by atoms with Crippen molar-refractivity contribution < 1.29 is 13.6 Å². The molecule has 5 rings (SSSR count). The minimum absolute atomic E-state index is 0.105. The predicted octanol–water partition coefficient (Wildman–Crippen LogP) is 6.37. The number of rotatable bonds is 4. The van der Waals surface area contributed by atoms with Gasteiger partial charge in [-0.1, -0.05) is 41.4 Å². The molecule has 3 heterocycles. The van der Waals surface area contributed by atoms with Gasteiger partial charge in [0.25, 0.3) is 5.91 Å². The first-order valence-electron chi connectivity index (χ1n) is 11.4. The molecule has 0 unspecified atom stereocenters. The summed E-state index contributed by atoms with van der Waals surface area (Å²) in [5.41, 5.74) is 2.95. The highest BCUT2D eigenvalue weighted by Crippen LogP contribution is 2.48. The van der Waals surface area contributed by atoms with E-state index in [2.05, 4.69) is 9.88 Å². The lowest BCUT2D eigenvalue weighted by Gasteiger charge is -2.39. The lowest BCUT2D eigenvalue weighted by atomic mass is 9.74. The summed E-state index contributed by atoms with van der Waals surface area (Å²) in [6, 6.07) is 12.9. The largest absolute Gasteiger partial charge is 0.307 e. The molecule has 1 fully saturated rings. The zero-order valence-electron chi connectivity index (χ0n) is 18.9. The third kappa shape index (κ3) is 4.83. The van der Waals surface area contributed by atoms with Gasteiger partial charge in [-0.05, 0) is 79.5 Å². The second-order valence-corrected chi connectivity index (χ2v) is 9.90. The van der Waals surface area contributed by atoms with E-state index in [9.17, 15) is 13.6 Å². The predicted molar refractivity (Wildman–Crippen MR) is 135 cm³/mol. The van der Waals surface area contributed by atoms with Crippen LogP contribution in [0, 0.1) is 11.6 Å². The molecule has 180 valence electrons. The SMILES string of the molecule is O=C(c1ccnc(Cl)c1)N1CC2(CCN(CC=Cc3ccc(F)c(F)c3)CC2)c2cc(Cl)ccc21. The highest BCUT2D eigenvalue weighted by atomic mass is 35.5. The van der Waals surface area contributed by atoms with Crippen LogP contribution in [-0.2, 0) is 5.41 Å². The van der Waals surface area contributed by atoms with E-state index in [-0.39, 0.29) is 16.5 Å². The summed E-state index contributed by atoms with van der Waals surface area (Å²) in [7, 11) is 0. The Labute approximate surface area is 212 Å². The average Bonchev–Trinajstić information content (AvgIpc) is 3.15. The van der Waals surface area contributed by atoms with Gasteiger partial charge in [0, 0.05) is 41.0 Å². The van der Waals surface area contributed by atoms with E-state index < -0.39 is 11.6 Å². The molecule has 8 heteroatoms. The Bertz CT molecular complexity index is 1310. The van der Waals surface area contributed by atoms with Gasteiger partial charge in [0.1, 0.15) is 5.15 Å². The average molecular weight is 514 g/mol. The number of carbonyl (C=O) groups excluding carboxylic acids is 1. The van der Waals surface area contributed by atoms with Crippen LogP contribution in [0.1, 0.15) is 34.3 Å². The number of hydrogen-bond donors (Lipinski definition) is 0. The second kappa shape index (κ2) is 9.69. The summed E-state index contributed by atoms with van der Waals surface area (Å²) in [6.45, 7) is 2.98. The van der Waals surface area contributed by atoms with Crippen molar-refractivity contribution in [1.82, 2.24) is 9.88 Å². The monoisotopic (exact) mass is 513 g/mol. The molecule has 2 aliphatic rings. The molecule has 35 heavy (non-hydrogen) atoms. The first-order valence-corrected chi connectivity index (χ1v) is 12.2. The van der Waals surface area contributed by atoms with Gasteiger partial charge in [-0.2, -0.15) is 0 Å². The number of pyridine rings is 1. The third-order valence-corrected chi connectivity index (χ3v) is 7.37. The molecule has 4 nitrogen and oxygen atoms in total. The van der Waals surface area contributed by atoms with Crippen LogP contribution in [0.3, 0.4) is 0 Å². The molecule has 2 aromatic carbocycles. The number of likely N-dealkylation sites (tertiary alicyclic amines) is 1. The van der Waals surface area contributed by atoms with Crippen LogP contribution >= 0.6 is 23.2 Å². The highest BCUT2D eigenvalue weighted by molar-refractivity contribution is 6.31. The minimum atomic E-state index is -0.848. The molecular weight excluding hydrogens is 491 g/mol. The summed E-state index contributed by atoms with van der Waals surface area (Å²) in [4.78, 5) is 21.5. The van der Waals surface area contributed by atoms with E-state index in [1.807, 2.05) is 29.2 Å². The Hall–Kier alpha value is -2.80. The Morgan fingerprint density at radius 1 is 1.03 bits per heavy atom. The van der Waals surface area contributed by atoms with Gasteiger partial charge < -0.3 is 4.90 Å². The van der Waals surface area contributed by atoms with Crippen LogP contribution < -0.4 is 4.90 Å². The number of piperidine rings is 1. The van der Waals surface area contributed by atoms with Gasteiger partial charge in [-0.15, -0.1) is 0 Å². The molecule has 2 aliphatic heterocycles. The van der Waals surface area contributed by atoms with Gasteiger partial charge in [-0.3, -0.25) is 9.69 Å². The smallest absolute Gasteiger partial charge is 0.258 e. The summed E-state index contributed by atoms with van der Waals surface area (Å²) in [5, 5.41) is 0.937. The van der Waals surface area contributed by atoms with Crippen LogP contribution in [0.25, 0.3) is 6.08 Å². The number of hydrogen-bond acceptors (Lipinski definition) is 3. The topological polar surface area (TPSA) is 36.4 Å². The number of benzene rings is 2. The number of carbonyl (C=O) groups is 1. The van der Waals surface area contributed by atoms with Crippen LogP contribution in [0.4, 0.5) is 14.5 Å². The van der Waals surface area contributed by atoms with Crippen LogP contribution in [0.15, 0.2) is 60.8 Å². The highest BCUT2D eigenvalue weighted by Gasteiger charge is 2.46. The quantitative estimate of drug-likeness (QED) is 0.380. The lowest BCUT2D eigenvalue weighted by molar-refractivity contribution is 0.0977. The van der Waals surface area contributed by atoms with Gasteiger partial charge in [0.05, 0.1) is 0 Å². The van der Waals surface area contributed by atoms with Crippen molar-refractivity contribution in [2.45, 2.75) is 18.3 Å². The standard InChI is InChI=1S/C27H23Cl2F2N3O/c28-20-4-6-24-21(16-20)27(17-34(24)26(35)19-7-10-32-25(29)15-19)8-12-33(13-9-27)11-1-2-18-3-5-22(30)23(31)14-18/h1-7,10,14-16H,8-9,11-13,17H2. The molecule has 0 N–H and O–H groups in total. The number of amides is 1. The van der Waals surface area contributed by atoms with Crippen molar-refractivity contribution in [3.63, 3.8) is 0 Å². The van der Waals surface area contributed by atoms with Crippen LogP contribution in [-0.4, -0.2) is 42.0 Å². The maximum absolute atomic E-state index is 13.4. The maximum Gasteiger partial charge on any atom is 0.258 e. The normalized spacial score (nSPS) is 17.3. The molecular formula is C27H23Cl2F2N3O. The fraction of sp³-hybridized carbons (Fsp3) is 0.259. The molecule has 1 spiro atoms. The Morgan fingerprint density at radius 3 is 2.57 bits per heavy atom. The number of fused-ring (bicyclic) bond motifs is 2. The zero-order chi connectivity index (χ0) is 24.6. The van der Waals surface area contributed by atoms with E-state index in [4.69, 9.17) is 23.2 Å². The van der Waals surface area contributed by atoms with Gasteiger partial charge >= 0.3 is 0 Å². The first-order chi connectivity index (χ1) is 16.8. The van der Waals surface area contributed by atoms with Crippen LogP contribution in [0.2, 0.25) is 10.2 Å². The Balaban J connectivity index is 1.31. The maximum atomic E-state index is 13.4. The Morgan fingerprint density at radius 2 is 1.83 bits per heavy atom. The van der Waals surface area contributed by atoms with Gasteiger partial charge in [-0.25, -0.2) is 13.8 Å². The third-order valence-electron chi connectivity index (χ3n) is 6.93. The minimum Gasteiger partial charge on any atom is -0.307 e. The van der Waals surface area contributed by atoms with Crippen molar-refractivity contribution in [3.8, 4) is 0 Å². The van der Waals surface area contributed by atoms with E-state index in [1.54, 1.807) is 24.3 Å². The van der Waals surface area contributed by atoms with Crippen LogP contribution in [0.5, 0.6) is 0 Å². The van der Waals surface area contributed by atoms with E-state index >= 15 is 0 Å². The van der Waals surface area contributed by atoms with Gasteiger partial charge in [0.2, 0.25) is 0 Å². The van der Waals surface area contributed by atoms with Gasteiger partial charge in [0.15, 0.2) is 11.6 Å². The molecule has 0 saturated carbocycles. The molecule has 0 bridgehead atoms. The van der Waals surface area contributed by atoms with Crippen molar-refractivity contribution in [2.24, 2.45) is 0 Å². The first kappa shape index (κ1) is 23.9. The molecule has 1 amide bonds. The van der Waals surface area contributed by atoms with Crippen molar-refractivity contribution in [1.29, 1.82) is 0 Å². The fourth-order valence-corrected chi connectivity index (χ4v) is 5.40. The molecule has 0 aliphatic carbocycles. The summed E-state index contributed by atoms with van der Waals surface area (Å²) < 4.78 is 26.6. The zero-order valence-corrected chi connectivity index (χ0v) is 20.4. The molecule has 0 radical (unpaired) electrons. The Kier molecular flexibility index (Phi) is 6.62. The number of nitrogens with zero attached hydrogens (tertiary/aromatic N) is 3. The van der Waals surface area contributed by atoms with E-state index in [0.717, 1.165) is 43.2 Å². The molecule has 1 aromatic heterocycles. The van der Waals surface area contributed by atoms with Crippen molar-refractivity contribution in [3.05, 3.63) is 99.3 Å². The van der Waals surface area contributed by atoms with E-state index in [0.29, 0.717) is 29.2 Å². The summed E-state index contributed by atoms with van der Waals surface area (Å²) in [6.07, 6.45) is 7.06. The molecule has 1 saturated heterocycles. The van der Waals surface area contributed by atoms with Crippen molar-refractivity contribution in [2.75, 3.05) is 31.1 Å². The van der Waals surface area contributed by atoms with Crippen molar-refractivity contribution >= 4 is 40.9 Å². The second-order valence-electron chi connectivity index (χ2n) is 9.08. The fourth-order valence-electron chi connectivity index (χ4n) is 5.06. The summed E-state index contributed by atoms with van der Waals surface area (Å²) in [5.74, 6) is -1.80. The van der Waals surface area contributed by atoms with E-state index in [1.165, 1.54) is 12.3 Å². The number of aromatic nitrogens is 1. The molecule has 0 atom stereocenters.